The van der Waals surface area contributed by atoms with Crippen molar-refractivity contribution < 1.29 is 4.79 Å². The molecule has 5 heteroatoms. The second-order valence-electron chi connectivity index (χ2n) is 4.15. The summed E-state index contributed by atoms with van der Waals surface area (Å²) in [4.78, 5) is 13.9. The normalized spacial score (nSPS) is 19.6. The Bertz CT molecular complexity index is 427. The van der Waals surface area contributed by atoms with Gasteiger partial charge in [-0.05, 0) is 36.1 Å². The molecule has 1 aromatic rings. The Morgan fingerprint density at radius 1 is 1.56 bits per heavy atom. The molecule has 18 heavy (non-hydrogen) atoms. The molecule has 1 atom stereocenters. The maximum absolute atomic E-state index is 11.9. The van der Waals surface area contributed by atoms with Crippen LogP contribution in [0.5, 0.6) is 0 Å². The highest BCUT2D eigenvalue weighted by molar-refractivity contribution is 8.00. The van der Waals surface area contributed by atoms with Crippen molar-refractivity contribution in [1.82, 2.24) is 4.90 Å². The Hall–Kier alpha value is -0.320. The number of thioether (sulfide) groups is 2. The van der Waals surface area contributed by atoms with Crippen molar-refractivity contribution in [2.45, 2.75) is 11.8 Å². The van der Waals surface area contributed by atoms with Crippen LogP contribution in [0.15, 0.2) is 24.3 Å². The maximum Gasteiger partial charge on any atom is 0.233 e. The van der Waals surface area contributed by atoms with Crippen LogP contribution >= 0.6 is 35.1 Å². The Morgan fingerprint density at radius 3 is 3.11 bits per heavy atom. The van der Waals surface area contributed by atoms with Crippen LogP contribution in [0.25, 0.3) is 0 Å². The molecule has 0 spiro atoms. The zero-order valence-electron chi connectivity index (χ0n) is 10.3. The van der Waals surface area contributed by atoms with Crippen molar-refractivity contribution in [2.24, 2.45) is 0 Å². The third kappa shape index (κ3) is 3.37. The molecule has 1 saturated heterocycles. The zero-order valence-corrected chi connectivity index (χ0v) is 12.7. The van der Waals surface area contributed by atoms with Crippen molar-refractivity contribution in [3.05, 3.63) is 34.9 Å². The first kappa shape index (κ1) is 14.1. The molecule has 1 aliphatic rings. The molecule has 1 unspecified atom stereocenters. The molecule has 0 radical (unpaired) electrons. The van der Waals surface area contributed by atoms with Crippen molar-refractivity contribution in [1.29, 1.82) is 0 Å². The Morgan fingerprint density at radius 2 is 2.39 bits per heavy atom. The molecule has 1 aromatic carbocycles. The number of hydrogen-bond acceptors (Lipinski definition) is 3. The van der Waals surface area contributed by atoms with Gasteiger partial charge in [0, 0.05) is 11.6 Å². The summed E-state index contributed by atoms with van der Waals surface area (Å²) in [5.41, 5.74) is 1.13. The smallest absolute Gasteiger partial charge is 0.233 e. The van der Waals surface area contributed by atoms with E-state index in [1.165, 1.54) is 0 Å². The number of carbonyl (C=O) groups is 1. The van der Waals surface area contributed by atoms with Crippen LogP contribution in [0.4, 0.5) is 0 Å². The molecule has 0 aromatic heterocycles. The first-order valence-corrected chi connectivity index (χ1v) is 8.70. The largest absolute Gasteiger partial charge is 0.326 e. The average Bonchev–Trinajstić information content (AvgIpc) is 2.72. The van der Waals surface area contributed by atoms with E-state index in [9.17, 15) is 4.79 Å². The maximum atomic E-state index is 11.9. The van der Waals surface area contributed by atoms with E-state index >= 15 is 0 Å². The Kier molecular flexibility index (Phi) is 5.27. The van der Waals surface area contributed by atoms with Crippen LogP contribution in [-0.4, -0.2) is 35.1 Å². The minimum absolute atomic E-state index is 0.137. The second kappa shape index (κ2) is 6.73. The van der Waals surface area contributed by atoms with Gasteiger partial charge in [0.05, 0.1) is 5.75 Å². The molecule has 0 saturated carbocycles. The number of carbonyl (C=O) groups excluding carboxylic acids is 1. The van der Waals surface area contributed by atoms with E-state index in [2.05, 4.69) is 6.26 Å². The highest BCUT2D eigenvalue weighted by Gasteiger charge is 2.32. The van der Waals surface area contributed by atoms with Gasteiger partial charge in [-0.25, -0.2) is 0 Å². The summed E-state index contributed by atoms with van der Waals surface area (Å²) in [6.07, 6.45) is 3.14. The summed E-state index contributed by atoms with van der Waals surface area (Å²) >= 11 is 9.53. The molecule has 0 N–H and O–H groups in total. The van der Waals surface area contributed by atoms with E-state index in [4.69, 9.17) is 11.6 Å². The lowest BCUT2D eigenvalue weighted by Gasteiger charge is -2.24. The van der Waals surface area contributed by atoms with Crippen LogP contribution in [0.2, 0.25) is 5.02 Å². The van der Waals surface area contributed by atoms with Crippen molar-refractivity contribution >= 4 is 41.0 Å². The molecule has 1 amide bonds. The summed E-state index contributed by atoms with van der Waals surface area (Å²) in [5, 5.41) is 0.870. The van der Waals surface area contributed by atoms with E-state index in [1.54, 1.807) is 11.8 Å². The second-order valence-corrected chi connectivity index (χ2v) is 6.64. The summed E-state index contributed by atoms with van der Waals surface area (Å²) < 4.78 is 0. The van der Waals surface area contributed by atoms with Crippen molar-refractivity contribution in [3.63, 3.8) is 0 Å². The molecular weight excluding hydrogens is 286 g/mol. The highest BCUT2D eigenvalue weighted by Crippen LogP contribution is 2.39. The first-order chi connectivity index (χ1) is 8.72. The molecular formula is C13H16ClNOS2. The van der Waals surface area contributed by atoms with Gasteiger partial charge in [0.15, 0.2) is 0 Å². The fraction of sp³-hybridized carbons (Fsp3) is 0.462. The van der Waals surface area contributed by atoms with Crippen LogP contribution in [0.1, 0.15) is 17.4 Å². The first-order valence-electron chi connectivity index (χ1n) is 5.88. The molecule has 0 bridgehead atoms. The van der Waals surface area contributed by atoms with Crippen molar-refractivity contribution in [2.75, 3.05) is 24.3 Å². The van der Waals surface area contributed by atoms with E-state index in [1.807, 2.05) is 40.9 Å². The predicted molar refractivity (Wildman–Crippen MR) is 81.4 cm³/mol. The predicted octanol–water partition coefficient (Wildman–Crippen LogP) is 3.67. The third-order valence-corrected chi connectivity index (χ3v) is 5.04. The van der Waals surface area contributed by atoms with Gasteiger partial charge in [-0.2, -0.15) is 11.8 Å². The van der Waals surface area contributed by atoms with Gasteiger partial charge in [0.25, 0.3) is 0 Å². The Labute approximate surface area is 121 Å². The topological polar surface area (TPSA) is 20.3 Å². The number of nitrogens with zero attached hydrogens (tertiary/aromatic N) is 1. The van der Waals surface area contributed by atoms with Gasteiger partial charge < -0.3 is 4.90 Å². The number of benzene rings is 1. The SMILES string of the molecule is CSCCCN1C(=O)CSC1c1cccc(Cl)c1. The van der Waals surface area contributed by atoms with E-state index in [-0.39, 0.29) is 11.3 Å². The molecule has 2 rings (SSSR count). The fourth-order valence-corrected chi connectivity index (χ4v) is 3.84. The van der Waals surface area contributed by atoms with Gasteiger partial charge >= 0.3 is 0 Å². The standard InChI is InChI=1S/C13H16ClNOS2/c1-17-7-3-6-15-12(16)9-18-13(15)10-4-2-5-11(14)8-10/h2,4-5,8,13H,3,6-7,9H2,1H3. The Balaban J connectivity index is 2.08. The summed E-state index contributed by atoms with van der Waals surface area (Å²) in [6, 6.07) is 7.81. The third-order valence-electron chi connectivity index (χ3n) is 2.85. The average molecular weight is 302 g/mol. The number of halogens is 1. The van der Waals surface area contributed by atoms with E-state index in [0.29, 0.717) is 5.75 Å². The lowest BCUT2D eigenvalue weighted by molar-refractivity contribution is -0.128. The van der Waals surface area contributed by atoms with Gasteiger partial charge in [0.2, 0.25) is 5.91 Å². The molecule has 0 aliphatic carbocycles. The molecule has 2 nitrogen and oxygen atoms in total. The minimum Gasteiger partial charge on any atom is -0.326 e. The van der Waals surface area contributed by atoms with Crippen LogP contribution in [0.3, 0.4) is 0 Å². The molecule has 1 heterocycles. The summed E-state index contributed by atoms with van der Waals surface area (Å²) in [6.45, 7) is 0.837. The van der Waals surface area contributed by atoms with Crippen LogP contribution < -0.4 is 0 Å². The van der Waals surface area contributed by atoms with E-state index < -0.39 is 0 Å². The summed E-state index contributed by atoms with van der Waals surface area (Å²) in [7, 11) is 0. The molecule has 98 valence electrons. The lowest BCUT2D eigenvalue weighted by atomic mass is 10.2. The molecule has 1 fully saturated rings. The van der Waals surface area contributed by atoms with Crippen molar-refractivity contribution in [3.8, 4) is 0 Å². The zero-order chi connectivity index (χ0) is 13.0. The number of rotatable bonds is 5. The summed E-state index contributed by atoms with van der Waals surface area (Å²) in [5.74, 6) is 1.92. The molecule has 1 aliphatic heterocycles. The number of hydrogen-bond donors (Lipinski definition) is 0. The highest BCUT2D eigenvalue weighted by atomic mass is 35.5. The number of amides is 1. The van der Waals surface area contributed by atoms with Gasteiger partial charge in [-0.15, -0.1) is 11.8 Å². The van der Waals surface area contributed by atoms with Crippen LogP contribution in [-0.2, 0) is 4.79 Å². The van der Waals surface area contributed by atoms with Gasteiger partial charge in [0.1, 0.15) is 5.37 Å². The minimum atomic E-state index is 0.137. The quantitative estimate of drug-likeness (QED) is 0.774. The van der Waals surface area contributed by atoms with Crippen LogP contribution in [0, 0.1) is 0 Å². The van der Waals surface area contributed by atoms with Gasteiger partial charge in [-0.1, -0.05) is 23.7 Å². The van der Waals surface area contributed by atoms with Gasteiger partial charge in [-0.3, -0.25) is 4.79 Å². The monoisotopic (exact) mass is 301 g/mol. The lowest BCUT2D eigenvalue weighted by Crippen LogP contribution is -2.29. The van der Waals surface area contributed by atoms with E-state index in [0.717, 1.165) is 29.3 Å². The fourth-order valence-electron chi connectivity index (χ4n) is 2.01.